The van der Waals surface area contributed by atoms with E-state index in [0.717, 1.165) is 80.0 Å². The summed E-state index contributed by atoms with van der Waals surface area (Å²) >= 11 is 0. The highest BCUT2D eigenvalue weighted by Crippen LogP contribution is 2.57. The molecule has 0 radical (unpaired) electrons. The molecule has 5 aromatic rings. The van der Waals surface area contributed by atoms with E-state index in [0.29, 0.717) is 6.42 Å². The molecule has 0 fully saturated rings. The minimum atomic E-state index is -0.562. The summed E-state index contributed by atoms with van der Waals surface area (Å²) < 4.78 is 35.2. The van der Waals surface area contributed by atoms with Gasteiger partial charge in [-0.2, -0.15) is 0 Å². The highest BCUT2D eigenvalue weighted by atomic mass is 16.5. The lowest BCUT2D eigenvalue weighted by molar-refractivity contribution is 0.257. The maximum atomic E-state index is 6.20. The fraction of sp³-hybridized carbons (Fsp3) is 0.209. The lowest BCUT2D eigenvalue weighted by Crippen LogP contribution is -2.68. The Hall–Kier alpha value is -6.16. The Kier molecular flexibility index (Phi) is 7.55. The Morgan fingerprint density at radius 2 is 0.906 bits per heavy atom. The smallest absolute Gasteiger partial charge is 0.253 e. The molecule has 1 aliphatic carbocycles. The largest absolute Gasteiger partial charge is 0.501 e. The lowest BCUT2D eigenvalue weighted by Gasteiger charge is -2.58. The molecule has 0 bridgehead atoms. The van der Waals surface area contributed by atoms with E-state index in [1.807, 2.05) is 36.4 Å². The molecule has 9 rings (SSSR count). The van der Waals surface area contributed by atoms with Crippen molar-refractivity contribution in [2.24, 2.45) is 0 Å². The van der Waals surface area contributed by atoms with Crippen molar-refractivity contribution in [3.05, 3.63) is 120 Å². The third-order valence-corrected chi connectivity index (χ3v) is 11.2. The molecule has 1 atom stereocenters. The van der Waals surface area contributed by atoms with E-state index < -0.39 is 5.54 Å². The number of rotatable bonds is 9. The molecule has 0 saturated carbocycles. The first-order valence-electron chi connectivity index (χ1n) is 17.6. The van der Waals surface area contributed by atoms with Crippen LogP contribution in [0.5, 0.6) is 28.7 Å². The minimum Gasteiger partial charge on any atom is -0.501 e. The number of allylic oxidation sites excluding steroid dienone is 1. The van der Waals surface area contributed by atoms with E-state index in [4.69, 9.17) is 28.4 Å². The van der Waals surface area contributed by atoms with E-state index in [1.165, 1.54) is 16.4 Å². The molecule has 4 aliphatic rings. The third-order valence-electron chi connectivity index (χ3n) is 11.2. The zero-order valence-corrected chi connectivity index (χ0v) is 30.9. The summed E-state index contributed by atoms with van der Waals surface area (Å²) in [5, 5.41) is 0. The predicted octanol–water partition coefficient (Wildman–Crippen LogP) is 7.91. The van der Waals surface area contributed by atoms with Gasteiger partial charge in [0.1, 0.15) is 34.5 Å². The van der Waals surface area contributed by atoms with Crippen molar-refractivity contribution in [3.63, 3.8) is 0 Å². The monoisotopic (exact) mass is 705 g/mol. The molecule has 53 heavy (non-hydrogen) atoms. The van der Waals surface area contributed by atoms with Crippen molar-refractivity contribution in [1.29, 1.82) is 0 Å². The summed E-state index contributed by atoms with van der Waals surface area (Å²) in [6.45, 7) is 2.26. The van der Waals surface area contributed by atoms with E-state index in [2.05, 4.69) is 88.4 Å². The summed E-state index contributed by atoms with van der Waals surface area (Å²) in [5.41, 5.74) is 11.4. The highest BCUT2D eigenvalue weighted by Gasteiger charge is 2.58. The van der Waals surface area contributed by atoms with E-state index in [1.54, 1.807) is 42.7 Å². The number of ether oxygens (including phenoxy) is 6. The van der Waals surface area contributed by atoms with E-state index in [9.17, 15) is 0 Å². The molecular formula is C43H40BN3O6. The zero-order chi connectivity index (χ0) is 36.6. The minimum absolute atomic E-state index is 0.0880. The Morgan fingerprint density at radius 3 is 1.38 bits per heavy atom. The fourth-order valence-corrected chi connectivity index (χ4v) is 8.86. The molecule has 9 nitrogen and oxygen atoms in total. The molecule has 0 aromatic heterocycles. The van der Waals surface area contributed by atoms with Crippen molar-refractivity contribution in [1.82, 2.24) is 0 Å². The van der Waals surface area contributed by atoms with Gasteiger partial charge in [0.2, 0.25) is 0 Å². The number of hydrogen-bond acceptors (Lipinski definition) is 9. The Bertz CT molecular complexity index is 2320. The van der Waals surface area contributed by atoms with Gasteiger partial charge in [-0.3, -0.25) is 0 Å². The van der Waals surface area contributed by atoms with Gasteiger partial charge in [-0.25, -0.2) is 0 Å². The zero-order valence-electron chi connectivity index (χ0n) is 30.9. The lowest BCUT2D eigenvalue weighted by atomic mass is 9.28. The van der Waals surface area contributed by atoms with Gasteiger partial charge in [-0.1, -0.05) is 0 Å². The third kappa shape index (κ3) is 4.71. The Balaban J connectivity index is 1.45. The molecular weight excluding hydrogens is 665 g/mol. The first-order valence-corrected chi connectivity index (χ1v) is 17.6. The van der Waals surface area contributed by atoms with Crippen LogP contribution in [0.15, 0.2) is 120 Å². The maximum absolute atomic E-state index is 6.20. The summed E-state index contributed by atoms with van der Waals surface area (Å²) in [5.74, 6) is 4.76. The summed E-state index contributed by atoms with van der Waals surface area (Å²) in [4.78, 5) is 7.18. The Labute approximate surface area is 310 Å². The summed E-state index contributed by atoms with van der Waals surface area (Å²) in [7, 11) is 10.3. The van der Waals surface area contributed by atoms with Crippen molar-refractivity contribution in [2.45, 2.75) is 18.9 Å². The second-order valence-electron chi connectivity index (χ2n) is 13.8. The average molecular weight is 706 g/mol. The first kappa shape index (κ1) is 32.7. The van der Waals surface area contributed by atoms with Crippen molar-refractivity contribution < 1.29 is 28.4 Å². The van der Waals surface area contributed by atoms with Crippen LogP contribution in [0.4, 0.5) is 39.8 Å². The number of methoxy groups -OCH3 is 6. The number of benzene rings is 5. The van der Waals surface area contributed by atoms with Crippen LogP contribution < -0.4 is 49.3 Å². The second kappa shape index (κ2) is 12.2. The quantitative estimate of drug-likeness (QED) is 0.142. The van der Waals surface area contributed by atoms with Crippen LogP contribution in [0.25, 0.3) is 0 Å². The topological polar surface area (TPSA) is 65.1 Å². The van der Waals surface area contributed by atoms with Gasteiger partial charge in [-0.05, 0) is 102 Å². The highest BCUT2D eigenvalue weighted by molar-refractivity contribution is 6.97. The van der Waals surface area contributed by atoms with Crippen LogP contribution in [-0.2, 0) is 4.74 Å². The first-order chi connectivity index (χ1) is 25.8. The molecule has 0 N–H and O–H groups in total. The summed E-state index contributed by atoms with van der Waals surface area (Å²) in [6.07, 6.45) is 2.87. The van der Waals surface area contributed by atoms with Gasteiger partial charge in [-0.15, -0.1) is 0 Å². The molecule has 3 heterocycles. The molecule has 266 valence electrons. The van der Waals surface area contributed by atoms with E-state index in [-0.39, 0.29) is 6.71 Å². The molecule has 10 heteroatoms. The standard InChI is InChI=1S/C43H40BN3O6/c1-43-25-34(53-7)24-39-42(43)44-40-35(20-32(51-5)21-36(40)46(39)27-10-16-30(49-3)17-11-27)45(26-8-14-29(48-2)15-9-26)37-22-33(52-6)23-38(41(37)44)47(43)28-12-18-31(50-4)19-13-28/h8-24H,25H2,1-7H3. The van der Waals surface area contributed by atoms with Gasteiger partial charge in [0.15, 0.2) is 0 Å². The van der Waals surface area contributed by atoms with Gasteiger partial charge < -0.3 is 43.1 Å². The molecule has 0 amide bonds. The molecule has 5 aromatic carbocycles. The molecule has 0 saturated heterocycles. The summed E-state index contributed by atoms with van der Waals surface area (Å²) in [6, 6.07) is 33.5. The van der Waals surface area contributed by atoms with Crippen LogP contribution in [0.2, 0.25) is 0 Å². The second-order valence-corrected chi connectivity index (χ2v) is 13.8. The average Bonchev–Trinajstić information content (AvgIpc) is 3.20. The normalized spacial score (nSPS) is 17.6. The van der Waals surface area contributed by atoms with Gasteiger partial charge >= 0.3 is 0 Å². The van der Waals surface area contributed by atoms with Gasteiger partial charge in [0.05, 0.1) is 48.2 Å². The van der Waals surface area contributed by atoms with Crippen molar-refractivity contribution >= 4 is 57.5 Å². The van der Waals surface area contributed by atoms with Gasteiger partial charge in [0, 0.05) is 76.2 Å². The number of anilines is 7. The van der Waals surface area contributed by atoms with Crippen LogP contribution >= 0.6 is 0 Å². The molecule has 0 spiro atoms. The number of hydrogen-bond donors (Lipinski definition) is 0. The SMILES string of the molecule is COC1=CC2=C3B4c5c(cc(OC)cc5N(c5ccc(OC)cc5)c5cc(OC)cc(c54)N(c4ccc(OC)cc4)C3(C)C1)N2c1ccc(OC)cc1. The fourth-order valence-electron chi connectivity index (χ4n) is 8.86. The van der Waals surface area contributed by atoms with Crippen LogP contribution in [-0.4, -0.2) is 54.9 Å². The predicted molar refractivity (Wildman–Crippen MR) is 211 cm³/mol. The van der Waals surface area contributed by atoms with Crippen molar-refractivity contribution in [3.8, 4) is 28.7 Å². The van der Waals surface area contributed by atoms with Gasteiger partial charge in [0.25, 0.3) is 6.71 Å². The Morgan fingerprint density at radius 1 is 0.491 bits per heavy atom. The van der Waals surface area contributed by atoms with Crippen LogP contribution in [0.3, 0.4) is 0 Å². The molecule has 3 aliphatic heterocycles. The van der Waals surface area contributed by atoms with E-state index >= 15 is 0 Å². The van der Waals surface area contributed by atoms with Crippen LogP contribution in [0, 0.1) is 0 Å². The maximum Gasteiger partial charge on any atom is 0.253 e. The van der Waals surface area contributed by atoms with Crippen molar-refractivity contribution in [2.75, 3.05) is 57.4 Å². The number of nitrogens with zero attached hydrogens (tertiary/aromatic N) is 3. The molecule has 1 unspecified atom stereocenters. The van der Waals surface area contributed by atoms with Crippen LogP contribution in [0.1, 0.15) is 13.3 Å².